The molecule has 7 heteroatoms. The molecule has 1 unspecified atom stereocenters. The molecule has 1 amide bonds. The third-order valence-electron chi connectivity index (χ3n) is 3.85. The number of hydrogen-bond acceptors (Lipinski definition) is 5. The van der Waals surface area contributed by atoms with Crippen LogP contribution in [-0.2, 0) is 19.5 Å². The van der Waals surface area contributed by atoms with E-state index in [9.17, 15) is 4.79 Å². The Morgan fingerprint density at radius 2 is 2.48 bits per heavy atom. The molecule has 112 valence electrons. The van der Waals surface area contributed by atoms with Crippen LogP contribution in [0.15, 0.2) is 11.6 Å². The number of aryl methyl sites for hydroxylation is 2. The Hall–Kier alpha value is -1.73. The van der Waals surface area contributed by atoms with E-state index in [-0.39, 0.29) is 5.91 Å². The molecule has 21 heavy (non-hydrogen) atoms. The molecular formula is C14H19N5OS. The molecule has 6 nitrogen and oxygen atoms in total. The minimum Gasteiger partial charge on any atom is -0.365 e. The highest BCUT2D eigenvalue weighted by Crippen LogP contribution is 2.22. The van der Waals surface area contributed by atoms with Crippen molar-refractivity contribution in [1.29, 1.82) is 0 Å². The highest BCUT2D eigenvalue weighted by atomic mass is 32.1. The van der Waals surface area contributed by atoms with E-state index in [0.717, 1.165) is 48.9 Å². The Morgan fingerprint density at radius 3 is 3.19 bits per heavy atom. The quantitative estimate of drug-likeness (QED) is 0.866. The first-order valence-electron chi connectivity index (χ1n) is 7.09. The number of carbonyl (C=O) groups excluding carboxylic acids is 1. The summed E-state index contributed by atoms with van der Waals surface area (Å²) in [7, 11) is 0. The smallest absolute Gasteiger partial charge is 0.252 e. The Balaban J connectivity index is 1.56. The zero-order chi connectivity index (χ0) is 14.8. The summed E-state index contributed by atoms with van der Waals surface area (Å²) in [5.41, 5.74) is 8.03. The average molecular weight is 305 g/mol. The molecule has 0 fully saturated rings. The largest absolute Gasteiger partial charge is 0.365 e. The fourth-order valence-corrected chi connectivity index (χ4v) is 3.39. The first-order chi connectivity index (χ1) is 10.1. The number of rotatable bonds is 5. The minimum absolute atomic E-state index is 0.386. The first kappa shape index (κ1) is 14.2. The summed E-state index contributed by atoms with van der Waals surface area (Å²) in [5, 5.41) is 10.9. The number of nitrogens with one attached hydrogen (secondary N) is 1. The van der Waals surface area contributed by atoms with Crippen molar-refractivity contribution in [2.24, 2.45) is 11.7 Å². The van der Waals surface area contributed by atoms with Crippen LogP contribution in [0, 0.1) is 12.8 Å². The fraction of sp³-hybridized carbons (Fsp3) is 0.500. The molecular weight excluding hydrogens is 286 g/mol. The van der Waals surface area contributed by atoms with Crippen molar-refractivity contribution in [3.05, 3.63) is 33.5 Å². The van der Waals surface area contributed by atoms with Gasteiger partial charge in [-0.3, -0.25) is 9.48 Å². The van der Waals surface area contributed by atoms with Crippen LogP contribution in [0.3, 0.4) is 0 Å². The third-order valence-corrected chi connectivity index (χ3v) is 4.67. The fourth-order valence-electron chi connectivity index (χ4n) is 2.77. The number of thiazole rings is 1. The van der Waals surface area contributed by atoms with E-state index in [1.165, 1.54) is 0 Å². The highest BCUT2D eigenvalue weighted by molar-refractivity contribution is 7.09. The SMILES string of the molecule is Cc1nc(CNCC2CCn3ncc(C(N)=O)c3C2)cs1. The van der Waals surface area contributed by atoms with E-state index in [4.69, 9.17) is 5.73 Å². The normalized spacial score (nSPS) is 17.7. The van der Waals surface area contributed by atoms with E-state index >= 15 is 0 Å². The van der Waals surface area contributed by atoms with Gasteiger partial charge < -0.3 is 11.1 Å². The number of nitrogens with two attached hydrogens (primary N) is 1. The standard InChI is InChI=1S/C14H19N5OS/c1-9-18-11(8-21-9)6-16-5-10-2-3-19-13(4-10)12(7-17-19)14(15)20/h7-8,10,16H,2-6H2,1H3,(H2,15,20). The Morgan fingerprint density at radius 1 is 1.62 bits per heavy atom. The van der Waals surface area contributed by atoms with Crippen LogP contribution >= 0.6 is 11.3 Å². The third kappa shape index (κ3) is 3.14. The van der Waals surface area contributed by atoms with Gasteiger partial charge in [0.05, 0.1) is 28.2 Å². The van der Waals surface area contributed by atoms with Crippen molar-refractivity contribution < 1.29 is 4.79 Å². The summed E-state index contributed by atoms with van der Waals surface area (Å²) in [6, 6.07) is 0. The maximum absolute atomic E-state index is 11.4. The summed E-state index contributed by atoms with van der Waals surface area (Å²) in [6.07, 6.45) is 3.50. The Bertz CT molecular complexity index is 648. The minimum atomic E-state index is -0.386. The van der Waals surface area contributed by atoms with Crippen LogP contribution < -0.4 is 11.1 Å². The van der Waals surface area contributed by atoms with Gasteiger partial charge in [0.2, 0.25) is 0 Å². The molecule has 3 rings (SSSR count). The highest BCUT2D eigenvalue weighted by Gasteiger charge is 2.23. The molecule has 1 aliphatic rings. The molecule has 0 radical (unpaired) electrons. The topological polar surface area (TPSA) is 85.8 Å². The monoisotopic (exact) mass is 305 g/mol. The Labute approximate surface area is 127 Å². The van der Waals surface area contributed by atoms with Crippen molar-refractivity contribution >= 4 is 17.2 Å². The van der Waals surface area contributed by atoms with Crippen molar-refractivity contribution in [2.45, 2.75) is 32.9 Å². The van der Waals surface area contributed by atoms with Gasteiger partial charge in [-0.2, -0.15) is 5.10 Å². The zero-order valence-corrected chi connectivity index (χ0v) is 12.8. The molecule has 1 atom stereocenters. The van der Waals surface area contributed by atoms with E-state index in [2.05, 4.69) is 20.8 Å². The molecule has 0 spiro atoms. The van der Waals surface area contributed by atoms with E-state index in [1.807, 2.05) is 11.6 Å². The lowest BCUT2D eigenvalue weighted by atomic mass is 9.94. The van der Waals surface area contributed by atoms with Gasteiger partial charge in [-0.05, 0) is 32.2 Å². The van der Waals surface area contributed by atoms with Crippen LogP contribution in [0.1, 0.15) is 33.2 Å². The summed E-state index contributed by atoms with van der Waals surface area (Å²) < 4.78 is 1.90. The number of aromatic nitrogens is 3. The van der Waals surface area contributed by atoms with Crippen molar-refractivity contribution in [2.75, 3.05) is 6.54 Å². The lowest BCUT2D eigenvalue weighted by Gasteiger charge is -2.24. The van der Waals surface area contributed by atoms with E-state index in [1.54, 1.807) is 17.5 Å². The number of amides is 1. The number of primary amides is 1. The van der Waals surface area contributed by atoms with E-state index < -0.39 is 0 Å². The lowest BCUT2D eigenvalue weighted by Crippen LogP contribution is -2.30. The second-order valence-electron chi connectivity index (χ2n) is 5.44. The summed E-state index contributed by atoms with van der Waals surface area (Å²) >= 11 is 1.67. The van der Waals surface area contributed by atoms with Gasteiger partial charge in [0.1, 0.15) is 0 Å². The van der Waals surface area contributed by atoms with Crippen molar-refractivity contribution in [3.8, 4) is 0 Å². The zero-order valence-electron chi connectivity index (χ0n) is 12.0. The maximum Gasteiger partial charge on any atom is 0.252 e. The van der Waals surface area contributed by atoms with Gasteiger partial charge in [0.15, 0.2) is 0 Å². The molecule has 2 aromatic heterocycles. The predicted molar refractivity (Wildman–Crippen MR) is 81.1 cm³/mol. The molecule has 3 heterocycles. The lowest BCUT2D eigenvalue weighted by molar-refractivity contribution is 0.0998. The van der Waals surface area contributed by atoms with Crippen LogP contribution in [0.2, 0.25) is 0 Å². The molecule has 0 aromatic carbocycles. The maximum atomic E-state index is 11.4. The summed E-state index contributed by atoms with van der Waals surface area (Å²) in [4.78, 5) is 15.8. The second kappa shape index (κ2) is 5.95. The van der Waals surface area contributed by atoms with Crippen LogP contribution in [-0.4, -0.2) is 27.2 Å². The van der Waals surface area contributed by atoms with Gasteiger partial charge in [0.25, 0.3) is 5.91 Å². The molecule has 2 aromatic rings. The van der Waals surface area contributed by atoms with Crippen molar-refractivity contribution in [3.63, 3.8) is 0 Å². The van der Waals surface area contributed by atoms with Crippen molar-refractivity contribution in [1.82, 2.24) is 20.1 Å². The summed E-state index contributed by atoms with van der Waals surface area (Å²) in [5.74, 6) is 0.120. The molecule has 0 aliphatic carbocycles. The molecule has 0 saturated carbocycles. The number of hydrogen-bond donors (Lipinski definition) is 2. The van der Waals surface area contributed by atoms with Gasteiger partial charge in [-0.1, -0.05) is 0 Å². The average Bonchev–Trinajstić information content (AvgIpc) is 3.04. The molecule has 3 N–H and O–H groups in total. The first-order valence-corrected chi connectivity index (χ1v) is 7.97. The predicted octanol–water partition coefficient (Wildman–Crippen LogP) is 1.10. The molecule has 0 saturated heterocycles. The van der Waals surface area contributed by atoms with Crippen LogP contribution in [0.25, 0.3) is 0 Å². The Kier molecular flexibility index (Phi) is 4.03. The van der Waals surface area contributed by atoms with Gasteiger partial charge in [-0.15, -0.1) is 11.3 Å². The number of nitrogens with zero attached hydrogens (tertiary/aromatic N) is 3. The van der Waals surface area contributed by atoms with Gasteiger partial charge in [-0.25, -0.2) is 4.98 Å². The van der Waals surface area contributed by atoms with Crippen LogP contribution in [0.4, 0.5) is 0 Å². The molecule has 0 bridgehead atoms. The van der Waals surface area contributed by atoms with Gasteiger partial charge in [0, 0.05) is 18.5 Å². The summed E-state index contributed by atoms with van der Waals surface area (Å²) in [6.45, 7) is 4.58. The van der Waals surface area contributed by atoms with Crippen LogP contribution in [0.5, 0.6) is 0 Å². The number of carbonyl (C=O) groups is 1. The molecule has 1 aliphatic heterocycles. The van der Waals surface area contributed by atoms with E-state index in [0.29, 0.717) is 11.5 Å². The van der Waals surface area contributed by atoms with Gasteiger partial charge >= 0.3 is 0 Å². The number of fused-ring (bicyclic) bond motifs is 1. The second-order valence-corrected chi connectivity index (χ2v) is 6.50.